The van der Waals surface area contributed by atoms with E-state index >= 15 is 0 Å². The molecule has 1 atom stereocenters. The second kappa shape index (κ2) is 7.22. The molecular formula is C10H15F3N4O2. The van der Waals surface area contributed by atoms with Gasteiger partial charge in [-0.15, -0.1) is 0 Å². The van der Waals surface area contributed by atoms with Crippen LogP contribution in [-0.2, 0) is 4.74 Å². The average molecular weight is 280 g/mol. The molecule has 6 nitrogen and oxygen atoms in total. The van der Waals surface area contributed by atoms with Crippen LogP contribution in [0.2, 0.25) is 0 Å². The van der Waals surface area contributed by atoms with Crippen molar-refractivity contribution in [2.45, 2.75) is 18.6 Å². The van der Waals surface area contributed by atoms with Crippen LogP contribution in [0.15, 0.2) is 12.4 Å². The Morgan fingerprint density at radius 2 is 2.05 bits per heavy atom. The number of hydrogen-bond donors (Lipinski definition) is 2. The fourth-order valence-corrected chi connectivity index (χ4v) is 1.42. The normalized spacial score (nSPS) is 13.3. The van der Waals surface area contributed by atoms with Gasteiger partial charge in [0.25, 0.3) is 0 Å². The van der Waals surface area contributed by atoms with Crippen molar-refractivity contribution in [3.8, 4) is 5.88 Å². The van der Waals surface area contributed by atoms with E-state index in [9.17, 15) is 13.2 Å². The maximum absolute atomic E-state index is 11.9. The topological polar surface area (TPSA) is 82.3 Å². The molecular weight excluding hydrogens is 265 g/mol. The van der Waals surface area contributed by atoms with E-state index in [2.05, 4.69) is 20.1 Å². The molecule has 1 rings (SSSR count). The molecule has 0 radical (unpaired) electrons. The molecule has 0 amide bonds. The Bertz CT molecular complexity index is 389. The first-order valence-electron chi connectivity index (χ1n) is 5.43. The van der Waals surface area contributed by atoms with Crippen LogP contribution in [-0.4, -0.2) is 36.5 Å². The molecule has 1 aromatic rings. The fourth-order valence-electron chi connectivity index (χ4n) is 1.42. The first-order valence-corrected chi connectivity index (χ1v) is 5.43. The first kappa shape index (κ1) is 15.6. The summed E-state index contributed by atoms with van der Waals surface area (Å²) < 4.78 is 45.2. The number of methoxy groups -OCH3 is 1. The van der Waals surface area contributed by atoms with Crippen molar-refractivity contribution in [1.82, 2.24) is 15.4 Å². The number of hydrogen-bond acceptors (Lipinski definition) is 6. The highest BCUT2D eigenvalue weighted by Gasteiger charge is 2.27. The molecule has 0 aliphatic rings. The zero-order chi connectivity index (χ0) is 14.3. The highest BCUT2D eigenvalue weighted by atomic mass is 19.4. The lowest BCUT2D eigenvalue weighted by Gasteiger charge is -2.17. The second-order valence-electron chi connectivity index (χ2n) is 3.63. The van der Waals surface area contributed by atoms with Crippen molar-refractivity contribution < 1.29 is 22.6 Å². The summed E-state index contributed by atoms with van der Waals surface area (Å²) in [6, 6.07) is -0.503. The van der Waals surface area contributed by atoms with Crippen LogP contribution in [0.3, 0.4) is 0 Å². The molecule has 0 saturated heterocycles. The van der Waals surface area contributed by atoms with Gasteiger partial charge in [-0.25, -0.2) is 4.98 Å². The van der Waals surface area contributed by atoms with Crippen LogP contribution in [0.25, 0.3) is 0 Å². The molecule has 0 saturated carbocycles. The lowest BCUT2D eigenvalue weighted by molar-refractivity contribution is -0.174. The van der Waals surface area contributed by atoms with Crippen LogP contribution in [0, 0.1) is 0 Å². The fraction of sp³-hybridized carbons (Fsp3) is 0.600. The van der Waals surface area contributed by atoms with Gasteiger partial charge in [0.1, 0.15) is 12.3 Å². The van der Waals surface area contributed by atoms with Gasteiger partial charge in [-0.05, 0) is 6.42 Å². The summed E-state index contributed by atoms with van der Waals surface area (Å²) in [7, 11) is 1.42. The summed E-state index contributed by atoms with van der Waals surface area (Å²) in [6.45, 7) is -1.41. The van der Waals surface area contributed by atoms with Gasteiger partial charge in [0.15, 0.2) is 0 Å². The summed E-state index contributed by atoms with van der Waals surface area (Å²) in [6.07, 6.45) is -1.24. The molecule has 0 fully saturated rings. The zero-order valence-electron chi connectivity index (χ0n) is 10.3. The number of aromatic nitrogens is 2. The van der Waals surface area contributed by atoms with Gasteiger partial charge in [0.05, 0.1) is 13.2 Å². The van der Waals surface area contributed by atoms with Gasteiger partial charge in [-0.2, -0.15) is 13.2 Å². The van der Waals surface area contributed by atoms with Gasteiger partial charge in [-0.1, -0.05) is 0 Å². The van der Waals surface area contributed by atoms with Crippen molar-refractivity contribution in [2.75, 3.05) is 20.3 Å². The summed E-state index contributed by atoms with van der Waals surface area (Å²) in [4.78, 5) is 7.97. The lowest BCUT2D eigenvalue weighted by Crippen LogP contribution is -2.30. The predicted octanol–water partition coefficient (Wildman–Crippen LogP) is 0.959. The summed E-state index contributed by atoms with van der Waals surface area (Å²) in [5.74, 6) is 5.61. The van der Waals surface area contributed by atoms with Crippen molar-refractivity contribution in [3.63, 3.8) is 0 Å². The van der Waals surface area contributed by atoms with E-state index in [1.54, 1.807) is 0 Å². The Morgan fingerprint density at radius 1 is 1.37 bits per heavy atom. The second-order valence-corrected chi connectivity index (χ2v) is 3.63. The third-order valence-electron chi connectivity index (χ3n) is 2.23. The Morgan fingerprint density at radius 3 is 2.63 bits per heavy atom. The van der Waals surface area contributed by atoms with E-state index in [-0.39, 0.29) is 18.9 Å². The number of ether oxygens (including phenoxy) is 2. The largest absolute Gasteiger partial charge is 0.480 e. The van der Waals surface area contributed by atoms with Crippen LogP contribution in [0.4, 0.5) is 13.2 Å². The van der Waals surface area contributed by atoms with Crippen LogP contribution in [0.5, 0.6) is 5.88 Å². The van der Waals surface area contributed by atoms with E-state index in [1.165, 1.54) is 19.5 Å². The molecule has 0 aliphatic heterocycles. The number of halogens is 3. The quantitative estimate of drug-likeness (QED) is 0.440. The molecule has 3 N–H and O–H groups in total. The Kier molecular flexibility index (Phi) is 5.93. The standard InChI is InChI=1S/C10H15F3N4O2/c1-18-9-8(15-3-4-16-9)7(17-14)2-5-19-6-10(11,12)13/h3-4,7,17H,2,5-6,14H2,1H3. The maximum atomic E-state index is 11.9. The molecule has 0 spiro atoms. The van der Waals surface area contributed by atoms with E-state index < -0.39 is 18.8 Å². The first-order chi connectivity index (χ1) is 8.98. The van der Waals surface area contributed by atoms with Crippen LogP contribution < -0.4 is 16.0 Å². The number of alkyl halides is 3. The predicted molar refractivity (Wildman–Crippen MR) is 60.1 cm³/mol. The lowest BCUT2D eigenvalue weighted by atomic mass is 10.1. The highest BCUT2D eigenvalue weighted by Crippen LogP contribution is 2.22. The monoisotopic (exact) mass is 280 g/mol. The van der Waals surface area contributed by atoms with Gasteiger partial charge in [0.2, 0.25) is 5.88 Å². The smallest absolute Gasteiger partial charge is 0.411 e. The molecule has 0 aromatic carbocycles. The summed E-state index contributed by atoms with van der Waals surface area (Å²) >= 11 is 0. The van der Waals surface area contributed by atoms with Crippen molar-refractivity contribution >= 4 is 0 Å². The summed E-state index contributed by atoms with van der Waals surface area (Å²) in [5.41, 5.74) is 2.87. The zero-order valence-corrected chi connectivity index (χ0v) is 10.3. The molecule has 108 valence electrons. The molecule has 0 bridgehead atoms. The van der Waals surface area contributed by atoms with Crippen molar-refractivity contribution in [3.05, 3.63) is 18.1 Å². The van der Waals surface area contributed by atoms with Crippen LogP contribution >= 0.6 is 0 Å². The van der Waals surface area contributed by atoms with E-state index in [0.717, 1.165) is 0 Å². The summed E-state index contributed by atoms with van der Waals surface area (Å²) in [5, 5.41) is 0. The number of nitrogens with two attached hydrogens (primary N) is 1. The molecule has 19 heavy (non-hydrogen) atoms. The Labute approximate surface area is 108 Å². The number of nitrogens with zero attached hydrogens (tertiary/aromatic N) is 2. The van der Waals surface area contributed by atoms with E-state index in [1.807, 2.05) is 0 Å². The SMILES string of the molecule is COc1nccnc1C(CCOCC(F)(F)F)NN. The number of nitrogens with one attached hydrogen (secondary N) is 1. The Hall–Kier alpha value is -1.45. The maximum Gasteiger partial charge on any atom is 0.411 e. The van der Waals surface area contributed by atoms with E-state index in [0.29, 0.717) is 5.69 Å². The minimum Gasteiger partial charge on any atom is -0.480 e. The average Bonchev–Trinajstić information content (AvgIpc) is 2.38. The molecule has 9 heteroatoms. The molecule has 1 unspecified atom stereocenters. The van der Waals surface area contributed by atoms with Gasteiger partial charge >= 0.3 is 6.18 Å². The van der Waals surface area contributed by atoms with E-state index in [4.69, 9.17) is 10.6 Å². The minimum absolute atomic E-state index is 0.117. The molecule has 1 aromatic heterocycles. The van der Waals surface area contributed by atoms with Crippen molar-refractivity contribution in [1.29, 1.82) is 0 Å². The third kappa shape index (κ3) is 5.37. The van der Waals surface area contributed by atoms with Gasteiger partial charge in [-0.3, -0.25) is 16.3 Å². The molecule has 0 aliphatic carbocycles. The van der Waals surface area contributed by atoms with Crippen LogP contribution in [0.1, 0.15) is 18.2 Å². The third-order valence-corrected chi connectivity index (χ3v) is 2.23. The highest BCUT2D eigenvalue weighted by molar-refractivity contribution is 5.20. The molecule has 1 heterocycles. The number of rotatable bonds is 7. The van der Waals surface area contributed by atoms with Crippen molar-refractivity contribution in [2.24, 2.45) is 5.84 Å². The number of hydrazine groups is 1. The van der Waals surface area contributed by atoms with Gasteiger partial charge < -0.3 is 9.47 Å². The van der Waals surface area contributed by atoms with Gasteiger partial charge in [0, 0.05) is 19.0 Å². The Balaban J connectivity index is 2.54. The minimum atomic E-state index is -4.34.